The molecule has 1 atom stereocenters. The average molecular weight is 332 g/mol. The molecular weight excluding hydrogens is 307 g/mol. The maximum absolute atomic E-state index is 2.35. The van der Waals surface area contributed by atoms with Crippen molar-refractivity contribution in [2.24, 2.45) is 5.92 Å². The van der Waals surface area contributed by atoms with Crippen LogP contribution in [0.3, 0.4) is 0 Å². The highest BCUT2D eigenvalue weighted by Gasteiger charge is 2.19. The molecule has 1 heteroatoms. The Hall–Kier alpha value is -1.91. The zero-order valence-electron chi connectivity index (χ0n) is 14.5. The summed E-state index contributed by atoms with van der Waals surface area (Å²) in [4.78, 5) is 0. The molecule has 0 nitrogen and oxygen atoms in total. The molecule has 24 heavy (non-hydrogen) atoms. The van der Waals surface area contributed by atoms with Crippen LogP contribution >= 0.6 is 7.92 Å². The predicted molar refractivity (Wildman–Crippen MR) is 108 cm³/mol. The Morgan fingerprint density at radius 1 is 0.708 bits per heavy atom. The van der Waals surface area contributed by atoms with Gasteiger partial charge in [-0.15, -0.1) is 0 Å². The van der Waals surface area contributed by atoms with Crippen LogP contribution in [0.15, 0.2) is 84.9 Å². The number of hydrogen-bond acceptors (Lipinski definition) is 0. The molecule has 122 valence electrons. The van der Waals surface area contributed by atoms with E-state index < -0.39 is 7.92 Å². The zero-order chi connectivity index (χ0) is 16.8. The lowest BCUT2D eigenvalue weighted by molar-refractivity contribution is 0.561. The largest absolute Gasteiger partial charge is 0.0651 e. The minimum Gasteiger partial charge on any atom is -0.0651 e. The summed E-state index contributed by atoms with van der Waals surface area (Å²) >= 11 is 0. The fourth-order valence-electron chi connectivity index (χ4n) is 3.00. The van der Waals surface area contributed by atoms with Crippen LogP contribution in [0.2, 0.25) is 0 Å². The molecule has 0 amide bonds. The fourth-order valence-corrected chi connectivity index (χ4v) is 5.49. The maximum Gasteiger partial charge on any atom is -0.0119 e. The molecular formula is C23H25P. The van der Waals surface area contributed by atoms with Gasteiger partial charge in [-0.3, -0.25) is 0 Å². The second kappa shape index (κ2) is 8.27. The summed E-state index contributed by atoms with van der Waals surface area (Å²) in [5.41, 5.74) is 1.51. The van der Waals surface area contributed by atoms with Crippen LogP contribution in [0.25, 0.3) is 0 Å². The van der Waals surface area contributed by atoms with Gasteiger partial charge in [-0.1, -0.05) is 105 Å². The summed E-state index contributed by atoms with van der Waals surface area (Å²) in [7, 11) is -0.502. The molecule has 0 bridgehead atoms. The third kappa shape index (κ3) is 3.94. The Morgan fingerprint density at radius 2 is 1.21 bits per heavy atom. The Bertz CT molecular complexity index is 710. The van der Waals surface area contributed by atoms with Crippen molar-refractivity contribution >= 4 is 23.8 Å². The van der Waals surface area contributed by atoms with Crippen molar-refractivity contribution in [2.75, 3.05) is 0 Å². The first-order valence-electron chi connectivity index (χ1n) is 8.77. The van der Waals surface area contributed by atoms with Gasteiger partial charge in [0.25, 0.3) is 0 Å². The minimum atomic E-state index is -0.502. The molecule has 0 radical (unpaired) electrons. The average Bonchev–Trinajstić information content (AvgIpc) is 2.65. The Balaban J connectivity index is 2.10. The smallest absolute Gasteiger partial charge is 0.0119 e. The van der Waals surface area contributed by atoms with Crippen molar-refractivity contribution in [1.82, 2.24) is 0 Å². The topological polar surface area (TPSA) is 0 Å². The summed E-state index contributed by atoms with van der Waals surface area (Å²) in [6.45, 7) is 4.63. The molecule has 0 saturated carbocycles. The lowest BCUT2D eigenvalue weighted by Gasteiger charge is -2.23. The summed E-state index contributed by atoms with van der Waals surface area (Å²) in [6.07, 6.45) is 2.38. The molecule has 0 spiro atoms. The molecule has 1 unspecified atom stereocenters. The van der Waals surface area contributed by atoms with Crippen LogP contribution in [-0.2, 0) is 6.42 Å². The molecule has 3 aromatic carbocycles. The summed E-state index contributed by atoms with van der Waals surface area (Å²) in [6, 6.07) is 31.0. The minimum absolute atomic E-state index is 0.502. The van der Waals surface area contributed by atoms with Gasteiger partial charge < -0.3 is 0 Å². The van der Waals surface area contributed by atoms with E-state index in [0.29, 0.717) is 0 Å². The van der Waals surface area contributed by atoms with Crippen LogP contribution in [0.4, 0.5) is 0 Å². The van der Waals surface area contributed by atoms with Crippen LogP contribution in [-0.4, -0.2) is 0 Å². The Morgan fingerprint density at radius 3 is 1.75 bits per heavy atom. The first kappa shape index (κ1) is 16.9. The molecule has 0 saturated heterocycles. The van der Waals surface area contributed by atoms with E-state index in [9.17, 15) is 0 Å². The molecule has 0 aliphatic heterocycles. The number of benzene rings is 3. The summed E-state index contributed by atoms with van der Waals surface area (Å²) < 4.78 is 0. The standard InChI is InChI=1S/C23H25P/c1-3-19(2)18-20-12-10-11-17-23(20)24(21-13-6-4-7-14-21)22-15-8-5-9-16-22/h4-17,19H,3,18H2,1-2H3. The second-order valence-corrected chi connectivity index (χ2v) is 8.54. The van der Waals surface area contributed by atoms with E-state index in [1.807, 2.05) is 0 Å². The summed E-state index contributed by atoms with van der Waals surface area (Å²) in [5.74, 6) is 0.717. The molecule has 0 aliphatic rings. The third-order valence-corrected chi connectivity index (χ3v) is 7.07. The van der Waals surface area contributed by atoms with Gasteiger partial charge in [0.05, 0.1) is 0 Å². The lowest BCUT2D eigenvalue weighted by atomic mass is 9.99. The maximum atomic E-state index is 2.35. The zero-order valence-corrected chi connectivity index (χ0v) is 15.4. The first-order valence-corrected chi connectivity index (χ1v) is 10.1. The summed E-state index contributed by atoms with van der Waals surface area (Å²) in [5, 5.41) is 4.36. The number of hydrogen-bond donors (Lipinski definition) is 0. The van der Waals surface area contributed by atoms with Crippen molar-refractivity contribution < 1.29 is 0 Å². The molecule has 0 fully saturated rings. The molecule has 3 rings (SSSR count). The van der Waals surface area contributed by atoms with Gasteiger partial charge in [-0.05, 0) is 41.7 Å². The third-order valence-electron chi connectivity index (χ3n) is 4.53. The van der Waals surface area contributed by atoms with E-state index in [1.165, 1.54) is 27.9 Å². The van der Waals surface area contributed by atoms with E-state index in [2.05, 4.69) is 98.8 Å². The molecule has 0 aromatic heterocycles. The highest BCUT2D eigenvalue weighted by atomic mass is 31.1. The van der Waals surface area contributed by atoms with Crippen LogP contribution in [0.1, 0.15) is 25.8 Å². The van der Waals surface area contributed by atoms with Crippen molar-refractivity contribution in [3.05, 3.63) is 90.5 Å². The van der Waals surface area contributed by atoms with Gasteiger partial charge >= 0.3 is 0 Å². The van der Waals surface area contributed by atoms with E-state index in [4.69, 9.17) is 0 Å². The second-order valence-electron chi connectivity index (χ2n) is 6.35. The highest BCUT2D eigenvalue weighted by molar-refractivity contribution is 7.79. The van der Waals surface area contributed by atoms with Gasteiger partial charge in [0.15, 0.2) is 0 Å². The van der Waals surface area contributed by atoms with Gasteiger partial charge in [-0.25, -0.2) is 0 Å². The molecule has 0 aliphatic carbocycles. The van der Waals surface area contributed by atoms with Crippen molar-refractivity contribution in [3.8, 4) is 0 Å². The van der Waals surface area contributed by atoms with E-state index in [0.717, 1.165) is 12.3 Å². The van der Waals surface area contributed by atoms with Crippen molar-refractivity contribution in [2.45, 2.75) is 26.7 Å². The number of rotatable bonds is 6. The van der Waals surface area contributed by atoms with Crippen LogP contribution in [0, 0.1) is 5.92 Å². The lowest BCUT2D eigenvalue weighted by Crippen LogP contribution is -2.24. The van der Waals surface area contributed by atoms with E-state index in [1.54, 1.807) is 0 Å². The quantitative estimate of drug-likeness (QED) is 0.555. The van der Waals surface area contributed by atoms with Gasteiger partial charge in [0.2, 0.25) is 0 Å². The highest BCUT2D eigenvalue weighted by Crippen LogP contribution is 2.34. The van der Waals surface area contributed by atoms with Gasteiger partial charge in [0.1, 0.15) is 0 Å². The first-order chi connectivity index (χ1) is 11.8. The van der Waals surface area contributed by atoms with Crippen molar-refractivity contribution in [1.29, 1.82) is 0 Å². The predicted octanol–water partition coefficient (Wildman–Crippen LogP) is 5.03. The normalized spacial score (nSPS) is 12.3. The van der Waals surface area contributed by atoms with E-state index >= 15 is 0 Å². The molecule has 0 N–H and O–H groups in total. The van der Waals surface area contributed by atoms with Gasteiger partial charge in [0, 0.05) is 0 Å². The SMILES string of the molecule is CCC(C)Cc1ccccc1P(c1ccccc1)c1ccccc1. The Labute approximate surface area is 147 Å². The Kier molecular flexibility index (Phi) is 5.83. The van der Waals surface area contributed by atoms with Crippen LogP contribution < -0.4 is 15.9 Å². The van der Waals surface area contributed by atoms with Crippen LogP contribution in [0.5, 0.6) is 0 Å². The molecule has 0 heterocycles. The molecule has 3 aromatic rings. The monoisotopic (exact) mass is 332 g/mol. The fraction of sp³-hybridized carbons (Fsp3) is 0.217. The van der Waals surface area contributed by atoms with Crippen molar-refractivity contribution in [3.63, 3.8) is 0 Å². The van der Waals surface area contributed by atoms with E-state index in [-0.39, 0.29) is 0 Å². The van der Waals surface area contributed by atoms with Gasteiger partial charge in [-0.2, -0.15) is 0 Å².